The van der Waals surface area contributed by atoms with Gasteiger partial charge in [0.2, 0.25) is 0 Å². The number of nitrogens with two attached hydrogens (primary N) is 2. The number of unbranched alkanes of at least 4 members (excludes halogenated alkanes) is 8. The van der Waals surface area contributed by atoms with Crippen LogP contribution in [0.3, 0.4) is 0 Å². The molecule has 0 radical (unpaired) electrons. The fraction of sp³-hybridized carbons (Fsp3) is 0.368. The summed E-state index contributed by atoms with van der Waals surface area (Å²) in [6.45, 7) is 13.2. The molecule has 6 aromatic carbocycles. The Hall–Kier alpha value is -5.16. The number of benzene rings is 6. The lowest BCUT2D eigenvalue weighted by atomic mass is 9.64. The molecule has 0 saturated heterocycles. The largest absolute Gasteiger partial charge is 0.327 e. The molecule has 0 saturated carbocycles. The topological polar surface area (TPSA) is 58.5 Å². The van der Waals surface area contributed by atoms with E-state index < -0.39 is 5.41 Å². The van der Waals surface area contributed by atoms with Gasteiger partial charge in [0, 0.05) is 46.2 Å². The minimum absolute atomic E-state index is 0.176. The van der Waals surface area contributed by atoms with Crippen molar-refractivity contribution in [3.05, 3.63) is 167 Å². The summed E-state index contributed by atoms with van der Waals surface area (Å²) in [5.41, 5.74) is 31.9. The average molecular weight is 811 g/mol. The van der Waals surface area contributed by atoms with E-state index in [0.29, 0.717) is 0 Å². The number of hydrogen-bond acceptors (Lipinski definition) is 4. The van der Waals surface area contributed by atoms with Crippen molar-refractivity contribution >= 4 is 34.1 Å². The van der Waals surface area contributed by atoms with Crippen molar-refractivity contribution in [3.63, 3.8) is 0 Å². The highest BCUT2D eigenvalue weighted by atomic mass is 15.1. The quantitative estimate of drug-likeness (QED) is 0.0754. The van der Waals surface area contributed by atoms with Crippen LogP contribution in [0, 0.1) is 27.7 Å². The van der Waals surface area contributed by atoms with Gasteiger partial charge < -0.3 is 21.3 Å². The first-order valence-corrected chi connectivity index (χ1v) is 23.3. The highest BCUT2D eigenvalue weighted by molar-refractivity contribution is 5.89. The maximum atomic E-state index is 7.87. The van der Waals surface area contributed by atoms with E-state index in [1.807, 2.05) is 0 Å². The zero-order valence-corrected chi connectivity index (χ0v) is 37.9. The van der Waals surface area contributed by atoms with Gasteiger partial charge in [-0.1, -0.05) is 161 Å². The van der Waals surface area contributed by atoms with Gasteiger partial charge in [-0.15, -0.1) is 0 Å². The Kier molecular flexibility index (Phi) is 14.5. The number of aryl methyl sites for hydroxylation is 4. The van der Waals surface area contributed by atoms with Crippen LogP contribution >= 0.6 is 0 Å². The maximum absolute atomic E-state index is 7.87. The molecule has 0 amide bonds. The van der Waals surface area contributed by atoms with Crippen molar-refractivity contribution < 1.29 is 0 Å². The average Bonchev–Trinajstić information content (AvgIpc) is 3.56. The SMILES string of the molecule is CCCCCCCC(N)C1(C(N)CCCCCCC)c2cc(N(c3ccc(C)cc3)c3ccc(C)cc3)ccc2-c2ccc(N(c3ccc(C)cc3)c3ccc(C)cc3)cc21. The summed E-state index contributed by atoms with van der Waals surface area (Å²) in [6.07, 6.45) is 13.8. The van der Waals surface area contributed by atoms with Crippen LogP contribution in [0.1, 0.15) is 124 Å². The maximum Gasteiger partial charge on any atom is 0.0517 e. The van der Waals surface area contributed by atoms with Crippen LogP contribution in [-0.4, -0.2) is 12.1 Å². The molecule has 0 heterocycles. The Morgan fingerprint density at radius 3 is 0.951 bits per heavy atom. The zero-order chi connectivity index (χ0) is 42.9. The molecule has 2 atom stereocenters. The fourth-order valence-corrected chi connectivity index (χ4v) is 9.78. The smallest absolute Gasteiger partial charge is 0.0517 e. The minimum Gasteiger partial charge on any atom is -0.327 e. The molecule has 4 heteroatoms. The standard InChI is InChI=1S/C57H70N4/c1-7-9-11-13-15-17-55(58)57(56(59)18-16-14-12-10-8-2)53-39-49(60(45-27-19-41(3)20-28-45)46-29-21-42(4)22-30-46)35-37-51(53)52-38-36-50(40-54(52)57)61(47-31-23-43(5)24-32-47)48-33-25-44(6)26-34-48/h19-40,55-56H,7-18,58-59H2,1-6H3. The first-order chi connectivity index (χ1) is 29.6. The number of rotatable bonds is 20. The second-order valence-corrected chi connectivity index (χ2v) is 18.0. The monoisotopic (exact) mass is 811 g/mol. The first-order valence-electron chi connectivity index (χ1n) is 23.3. The van der Waals surface area contributed by atoms with Crippen LogP contribution in [0.25, 0.3) is 11.1 Å². The summed E-state index contributed by atoms with van der Waals surface area (Å²) in [5.74, 6) is 0. The van der Waals surface area contributed by atoms with Crippen LogP contribution in [0.15, 0.2) is 133 Å². The molecule has 0 spiro atoms. The van der Waals surface area contributed by atoms with Gasteiger partial charge in [0.25, 0.3) is 0 Å². The molecule has 6 aromatic rings. The lowest BCUT2D eigenvalue weighted by Gasteiger charge is -2.43. The molecule has 0 aromatic heterocycles. The Balaban J connectivity index is 1.45. The van der Waals surface area contributed by atoms with E-state index in [1.54, 1.807) is 0 Å². The molecule has 4 N–H and O–H groups in total. The highest BCUT2D eigenvalue weighted by Gasteiger charge is 2.51. The van der Waals surface area contributed by atoms with E-state index in [2.05, 4.69) is 185 Å². The lowest BCUT2D eigenvalue weighted by molar-refractivity contribution is 0.303. The van der Waals surface area contributed by atoms with E-state index in [1.165, 1.54) is 95.9 Å². The van der Waals surface area contributed by atoms with Crippen molar-refractivity contribution in [1.82, 2.24) is 0 Å². The van der Waals surface area contributed by atoms with Crippen molar-refractivity contribution in [1.29, 1.82) is 0 Å². The van der Waals surface area contributed by atoms with Crippen LogP contribution in [0.5, 0.6) is 0 Å². The molecule has 0 aliphatic heterocycles. The summed E-state index contributed by atoms with van der Waals surface area (Å²) in [4.78, 5) is 4.81. The highest BCUT2D eigenvalue weighted by Crippen LogP contribution is 2.56. The number of fused-ring (bicyclic) bond motifs is 3. The Morgan fingerprint density at radius 1 is 0.377 bits per heavy atom. The van der Waals surface area contributed by atoms with Crippen LogP contribution in [0.4, 0.5) is 34.1 Å². The zero-order valence-electron chi connectivity index (χ0n) is 37.9. The summed E-state index contributed by atoms with van der Waals surface area (Å²) in [6, 6.07) is 49.5. The summed E-state index contributed by atoms with van der Waals surface area (Å²) in [5, 5.41) is 0. The molecule has 1 aliphatic rings. The normalized spacial score (nSPS) is 13.7. The van der Waals surface area contributed by atoms with Gasteiger partial charge in [-0.05, 0) is 136 Å². The number of anilines is 6. The molecule has 1 aliphatic carbocycles. The van der Waals surface area contributed by atoms with Gasteiger partial charge in [-0.25, -0.2) is 0 Å². The molecular formula is C57H70N4. The summed E-state index contributed by atoms with van der Waals surface area (Å²) in [7, 11) is 0. The van der Waals surface area contributed by atoms with Gasteiger partial charge in [0.05, 0.1) is 5.41 Å². The van der Waals surface area contributed by atoms with Crippen molar-refractivity contribution in [2.24, 2.45) is 11.5 Å². The summed E-state index contributed by atoms with van der Waals surface area (Å²) < 4.78 is 0. The molecule has 4 nitrogen and oxygen atoms in total. The van der Waals surface area contributed by atoms with Gasteiger partial charge in [0.15, 0.2) is 0 Å². The van der Waals surface area contributed by atoms with Gasteiger partial charge >= 0.3 is 0 Å². The molecule has 0 bridgehead atoms. The molecular weight excluding hydrogens is 741 g/mol. The summed E-state index contributed by atoms with van der Waals surface area (Å²) >= 11 is 0. The number of hydrogen-bond donors (Lipinski definition) is 2. The second kappa shape index (κ2) is 20.1. The van der Waals surface area contributed by atoms with Crippen LogP contribution in [0.2, 0.25) is 0 Å². The second-order valence-electron chi connectivity index (χ2n) is 18.0. The van der Waals surface area contributed by atoms with E-state index in [-0.39, 0.29) is 12.1 Å². The lowest BCUT2D eigenvalue weighted by Crippen LogP contribution is -2.56. The van der Waals surface area contributed by atoms with Gasteiger partial charge in [-0.2, -0.15) is 0 Å². The van der Waals surface area contributed by atoms with Crippen molar-refractivity contribution in [3.8, 4) is 11.1 Å². The third-order valence-electron chi connectivity index (χ3n) is 13.3. The molecule has 0 fully saturated rings. The van der Waals surface area contributed by atoms with Crippen LogP contribution < -0.4 is 21.3 Å². The predicted molar refractivity (Wildman–Crippen MR) is 264 cm³/mol. The Morgan fingerprint density at radius 2 is 0.656 bits per heavy atom. The molecule has 318 valence electrons. The fourth-order valence-electron chi connectivity index (χ4n) is 9.78. The Bertz CT molecular complexity index is 2050. The van der Waals surface area contributed by atoms with Gasteiger partial charge in [-0.3, -0.25) is 0 Å². The molecule has 7 rings (SSSR count). The molecule has 61 heavy (non-hydrogen) atoms. The third kappa shape index (κ3) is 9.52. The predicted octanol–water partition coefficient (Wildman–Crippen LogP) is 15.5. The first kappa shape index (κ1) is 43.9. The van der Waals surface area contributed by atoms with Crippen molar-refractivity contribution in [2.75, 3.05) is 9.80 Å². The molecule has 2 unspecified atom stereocenters. The van der Waals surface area contributed by atoms with E-state index in [0.717, 1.165) is 59.8 Å². The van der Waals surface area contributed by atoms with E-state index in [9.17, 15) is 0 Å². The van der Waals surface area contributed by atoms with Crippen molar-refractivity contribution in [2.45, 2.75) is 136 Å². The van der Waals surface area contributed by atoms with Crippen LogP contribution in [-0.2, 0) is 5.41 Å². The number of nitrogens with zero attached hydrogens (tertiary/aromatic N) is 2. The van der Waals surface area contributed by atoms with E-state index in [4.69, 9.17) is 11.5 Å². The van der Waals surface area contributed by atoms with Gasteiger partial charge in [0.1, 0.15) is 0 Å². The minimum atomic E-state index is -0.607. The van der Waals surface area contributed by atoms with E-state index >= 15 is 0 Å². The third-order valence-corrected chi connectivity index (χ3v) is 13.3. The Labute approximate surface area is 368 Å².